The summed E-state index contributed by atoms with van der Waals surface area (Å²) in [5.41, 5.74) is 0. The van der Waals surface area contributed by atoms with Crippen molar-refractivity contribution in [3.63, 3.8) is 0 Å². The second kappa shape index (κ2) is 6.15. The van der Waals surface area contributed by atoms with Crippen LogP contribution in [-0.4, -0.2) is 15.1 Å². The van der Waals surface area contributed by atoms with Crippen molar-refractivity contribution in [2.75, 3.05) is 0 Å². The van der Waals surface area contributed by atoms with E-state index in [9.17, 15) is 4.79 Å². The fraction of sp³-hybridized carbons (Fsp3) is 0.0667. The molecule has 106 valence electrons. The zero-order valence-corrected chi connectivity index (χ0v) is 12.5. The minimum atomic E-state index is -0.106. The smallest absolute Gasteiger partial charge is 0.266 e. The molecule has 0 bridgehead atoms. The fourth-order valence-corrected chi connectivity index (χ4v) is 3.03. The average Bonchev–Trinajstić information content (AvgIpc) is 3.19. The highest BCUT2D eigenvalue weighted by Gasteiger charge is 2.32. The van der Waals surface area contributed by atoms with Gasteiger partial charge in [-0.05, 0) is 36.4 Å². The molecule has 2 aromatic heterocycles. The lowest BCUT2D eigenvalue weighted by molar-refractivity contribution is -0.122. The molecule has 1 saturated heterocycles. The SMILES string of the molecule is O=C1/C(=C\C=C\c2ccco2)SC(=S)N1Cc1ccco1. The molecule has 0 spiro atoms. The molecule has 1 aliphatic heterocycles. The van der Waals surface area contributed by atoms with Gasteiger partial charge in [-0.15, -0.1) is 0 Å². The Morgan fingerprint density at radius 1 is 1.24 bits per heavy atom. The van der Waals surface area contributed by atoms with E-state index in [1.807, 2.05) is 18.2 Å². The Morgan fingerprint density at radius 3 is 2.76 bits per heavy atom. The van der Waals surface area contributed by atoms with Crippen LogP contribution < -0.4 is 0 Å². The maximum Gasteiger partial charge on any atom is 0.266 e. The van der Waals surface area contributed by atoms with Crippen molar-refractivity contribution in [1.82, 2.24) is 4.90 Å². The molecule has 0 atom stereocenters. The van der Waals surface area contributed by atoms with Crippen LogP contribution in [0, 0.1) is 0 Å². The third kappa shape index (κ3) is 3.17. The summed E-state index contributed by atoms with van der Waals surface area (Å²) in [7, 11) is 0. The first kappa shape index (κ1) is 13.9. The molecule has 0 aliphatic carbocycles. The van der Waals surface area contributed by atoms with Gasteiger partial charge < -0.3 is 8.83 Å². The maximum atomic E-state index is 12.3. The Balaban J connectivity index is 1.71. The number of thioether (sulfide) groups is 1. The van der Waals surface area contributed by atoms with E-state index in [-0.39, 0.29) is 5.91 Å². The normalized spacial score (nSPS) is 17.5. The van der Waals surface area contributed by atoms with Crippen LogP contribution in [0.25, 0.3) is 6.08 Å². The predicted molar refractivity (Wildman–Crippen MR) is 85.3 cm³/mol. The van der Waals surface area contributed by atoms with Gasteiger partial charge in [0.2, 0.25) is 0 Å². The third-order valence-corrected chi connectivity index (χ3v) is 4.21. The lowest BCUT2D eigenvalue weighted by Gasteiger charge is -2.11. The summed E-state index contributed by atoms with van der Waals surface area (Å²) in [5, 5.41) is 0. The molecule has 1 aliphatic rings. The van der Waals surface area contributed by atoms with E-state index in [1.54, 1.807) is 36.8 Å². The Morgan fingerprint density at radius 2 is 2.05 bits per heavy atom. The topological polar surface area (TPSA) is 46.6 Å². The lowest BCUT2D eigenvalue weighted by atomic mass is 10.3. The Hall–Kier alpha value is -2.05. The molecule has 0 unspecified atom stereocenters. The molecule has 1 fully saturated rings. The van der Waals surface area contributed by atoms with Gasteiger partial charge in [-0.1, -0.05) is 30.1 Å². The molecule has 0 N–H and O–H groups in total. The van der Waals surface area contributed by atoms with Gasteiger partial charge in [0.1, 0.15) is 15.8 Å². The Labute approximate surface area is 131 Å². The van der Waals surface area contributed by atoms with Crippen LogP contribution in [0.3, 0.4) is 0 Å². The number of hydrogen-bond donors (Lipinski definition) is 0. The van der Waals surface area contributed by atoms with Crippen LogP contribution in [0.1, 0.15) is 11.5 Å². The highest BCUT2D eigenvalue weighted by atomic mass is 32.2. The van der Waals surface area contributed by atoms with Gasteiger partial charge in [-0.25, -0.2) is 0 Å². The van der Waals surface area contributed by atoms with Crippen molar-refractivity contribution in [2.45, 2.75) is 6.54 Å². The average molecular weight is 317 g/mol. The number of rotatable bonds is 4. The Bertz CT molecular complexity index is 699. The summed E-state index contributed by atoms with van der Waals surface area (Å²) in [6.45, 7) is 0.358. The van der Waals surface area contributed by atoms with Crippen LogP contribution in [0.15, 0.2) is 62.7 Å². The molecule has 21 heavy (non-hydrogen) atoms. The first-order chi connectivity index (χ1) is 10.2. The van der Waals surface area contributed by atoms with Gasteiger partial charge >= 0.3 is 0 Å². The molecule has 3 rings (SSSR count). The summed E-state index contributed by atoms with van der Waals surface area (Å²) >= 11 is 6.53. The first-order valence-electron chi connectivity index (χ1n) is 6.22. The molecule has 3 heterocycles. The zero-order valence-electron chi connectivity index (χ0n) is 10.9. The number of nitrogens with zero attached hydrogens (tertiary/aromatic N) is 1. The van der Waals surface area contributed by atoms with E-state index in [0.717, 1.165) is 5.76 Å². The quantitative estimate of drug-likeness (QED) is 0.633. The second-order valence-electron chi connectivity index (χ2n) is 4.24. The van der Waals surface area contributed by atoms with Crippen LogP contribution in [0.5, 0.6) is 0 Å². The Kier molecular flexibility index (Phi) is 4.08. The fourth-order valence-electron chi connectivity index (χ4n) is 1.83. The van der Waals surface area contributed by atoms with Gasteiger partial charge in [0.25, 0.3) is 5.91 Å². The van der Waals surface area contributed by atoms with Crippen molar-refractivity contribution in [3.05, 3.63) is 65.4 Å². The number of allylic oxidation sites excluding steroid dienone is 2. The van der Waals surface area contributed by atoms with Crippen LogP contribution >= 0.6 is 24.0 Å². The number of carbonyl (C=O) groups is 1. The van der Waals surface area contributed by atoms with Crippen molar-refractivity contribution >= 4 is 40.3 Å². The number of furan rings is 2. The number of carbonyl (C=O) groups excluding carboxylic acids is 1. The lowest BCUT2D eigenvalue weighted by Crippen LogP contribution is -2.27. The monoisotopic (exact) mass is 317 g/mol. The van der Waals surface area contributed by atoms with Crippen molar-refractivity contribution in [3.8, 4) is 0 Å². The minimum Gasteiger partial charge on any atom is -0.467 e. The van der Waals surface area contributed by atoms with Crippen molar-refractivity contribution in [1.29, 1.82) is 0 Å². The largest absolute Gasteiger partial charge is 0.467 e. The van der Waals surface area contributed by atoms with E-state index in [2.05, 4.69) is 0 Å². The summed E-state index contributed by atoms with van der Waals surface area (Å²) < 4.78 is 11.0. The maximum absolute atomic E-state index is 12.3. The zero-order chi connectivity index (χ0) is 14.7. The standard InChI is InChI=1S/C15H11NO3S2/c17-14-13(7-1-4-11-5-2-8-18-11)21-15(20)16(14)10-12-6-3-9-19-12/h1-9H,10H2/b4-1+,13-7+. The highest BCUT2D eigenvalue weighted by molar-refractivity contribution is 8.26. The van der Waals surface area contributed by atoms with Gasteiger partial charge in [-0.2, -0.15) is 0 Å². The van der Waals surface area contributed by atoms with Crippen LogP contribution in [-0.2, 0) is 11.3 Å². The van der Waals surface area contributed by atoms with E-state index in [0.29, 0.717) is 21.5 Å². The summed E-state index contributed by atoms with van der Waals surface area (Å²) in [4.78, 5) is 14.4. The molecule has 4 nitrogen and oxygen atoms in total. The molecule has 0 radical (unpaired) electrons. The summed E-state index contributed by atoms with van der Waals surface area (Å²) in [6.07, 6.45) is 8.48. The molecule has 0 saturated carbocycles. The van der Waals surface area contributed by atoms with Gasteiger partial charge in [0, 0.05) is 0 Å². The molecule has 6 heteroatoms. The third-order valence-electron chi connectivity index (χ3n) is 2.82. The van der Waals surface area contributed by atoms with E-state index in [4.69, 9.17) is 21.1 Å². The van der Waals surface area contributed by atoms with Gasteiger partial charge in [0.15, 0.2) is 0 Å². The van der Waals surface area contributed by atoms with Crippen molar-refractivity contribution in [2.24, 2.45) is 0 Å². The molecule has 2 aromatic rings. The summed E-state index contributed by atoms with van der Waals surface area (Å²) in [5.74, 6) is 1.33. The van der Waals surface area contributed by atoms with Crippen LogP contribution in [0.4, 0.5) is 0 Å². The van der Waals surface area contributed by atoms with Crippen LogP contribution in [0.2, 0.25) is 0 Å². The van der Waals surface area contributed by atoms with Gasteiger partial charge in [0.05, 0.1) is 24.0 Å². The van der Waals surface area contributed by atoms with E-state index < -0.39 is 0 Å². The molecule has 0 aromatic carbocycles. The first-order valence-corrected chi connectivity index (χ1v) is 7.44. The number of hydrogen-bond acceptors (Lipinski definition) is 5. The molecule has 1 amide bonds. The predicted octanol–water partition coefficient (Wildman–Crippen LogP) is 3.83. The second-order valence-corrected chi connectivity index (χ2v) is 5.92. The number of thiocarbonyl (C=S) groups is 1. The highest BCUT2D eigenvalue weighted by Crippen LogP contribution is 2.32. The summed E-state index contributed by atoms with van der Waals surface area (Å²) in [6, 6.07) is 7.25. The van der Waals surface area contributed by atoms with E-state index in [1.165, 1.54) is 16.7 Å². The van der Waals surface area contributed by atoms with Gasteiger partial charge in [-0.3, -0.25) is 9.69 Å². The molecular formula is C15H11NO3S2. The minimum absolute atomic E-state index is 0.106. The van der Waals surface area contributed by atoms with Crippen molar-refractivity contribution < 1.29 is 13.6 Å². The van der Waals surface area contributed by atoms with E-state index >= 15 is 0 Å². The molecular weight excluding hydrogens is 306 g/mol. The number of amides is 1.